The van der Waals surface area contributed by atoms with E-state index < -0.39 is 40.2 Å². The van der Waals surface area contributed by atoms with Crippen LogP contribution in [0.1, 0.15) is 37.9 Å². The molecule has 2 aromatic rings. The molecule has 3 heterocycles. The Morgan fingerprint density at radius 3 is 2.24 bits per heavy atom. The van der Waals surface area contributed by atoms with E-state index in [0.717, 1.165) is 16.0 Å². The van der Waals surface area contributed by atoms with E-state index in [-0.39, 0.29) is 23.1 Å². The lowest BCUT2D eigenvalue weighted by Crippen LogP contribution is -2.47. The lowest BCUT2D eigenvalue weighted by molar-refractivity contribution is -0.384. The van der Waals surface area contributed by atoms with Gasteiger partial charge in [-0.25, -0.2) is 4.90 Å². The second-order valence-electron chi connectivity index (χ2n) is 9.73. The third-order valence-corrected chi connectivity index (χ3v) is 6.79. The minimum Gasteiger partial charge on any atom is -0.359 e. The van der Waals surface area contributed by atoms with E-state index in [1.54, 1.807) is 0 Å². The third kappa shape index (κ3) is 3.01. The number of nitro groups is 1. The molecule has 0 unspecified atom stereocenters. The molecule has 4 atom stereocenters. The predicted octanol–water partition coefficient (Wildman–Crippen LogP) is 3.73. The molecule has 0 N–H and O–H groups in total. The summed E-state index contributed by atoms with van der Waals surface area (Å²) in [7, 11) is 0. The minimum absolute atomic E-state index is 0.101. The Kier molecular flexibility index (Phi) is 4.53. The molecule has 0 spiro atoms. The SMILES string of the molecule is CC(C)(C)C(=O)[C@@H]1[C@@H]2C(=O)N(c3ccc([N+](=O)[O-])cc3)C(=O)[C@@H]2[C@H]2c3ccccc3C=CN12. The van der Waals surface area contributed by atoms with Crippen molar-refractivity contribution in [3.63, 3.8) is 0 Å². The van der Waals surface area contributed by atoms with Crippen molar-refractivity contribution in [2.45, 2.75) is 32.9 Å². The van der Waals surface area contributed by atoms with Crippen molar-refractivity contribution < 1.29 is 19.3 Å². The van der Waals surface area contributed by atoms with Crippen LogP contribution in [0.2, 0.25) is 0 Å². The molecule has 168 valence electrons. The highest BCUT2D eigenvalue weighted by molar-refractivity contribution is 6.24. The molecule has 2 amide bonds. The lowest BCUT2D eigenvalue weighted by Gasteiger charge is -2.37. The number of hydrogen-bond donors (Lipinski definition) is 0. The highest BCUT2D eigenvalue weighted by Gasteiger charge is 2.65. The molecule has 0 saturated carbocycles. The molecule has 3 aliphatic heterocycles. The molecule has 2 saturated heterocycles. The first-order chi connectivity index (χ1) is 15.6. The number of amides is 2. The summed E-state index contributed by atoms with van der Waals surface area (Å²) in [5.74, 6) is -2.49. The quantitative estimate of drug-likeness (QED) is 0.405. The molecule has 0 aromatic heterocycles. The van der Waals surface area contributed by atoms with Gasteiger partial charge in [0.2, 0.25) is 11.8 Å². The van der Waals surface area contributed by atoms with Crippen molar-refractivity contribution in [3.8, 4) is 0 Å². The van der Waals surface area contributed by atoms with Crippen LogP contribution in [0, 0.1) is 27.4 Å². The average molecular weight is 445 g/mol. The fourth-order valence-electron chi connectivity index (χ4n) is 5.28. The van der Waals surface area contributed by atoms with E-state index in [9.17, 15) is 24.5 Å². The fourth-order valence-corrected chi connectivity index (χ4v) is 5.28. The Labute approximate surface area is 190 Å². The molecular formula is C25H23N3O5. The summed E-state index contributed by atoms with van der Waals surface area (Å²) >= 11 is 0. The highest BCUT2D eigenvalue weighted by Crippen LogP contribution is 2.54. The summed E-state index contributed by atoms with van der Waals surface area (Å²) in [6.07, 6.45) is 3.75. The van der Waals surface area contributed by atoms with Crippen LogP contribution in [0.25, 0.3) is 6.08 Å². The van der Waals surface area contributed by atoms with E-state index in [0.29, 0.717) is 0 Å². The van der Waals surface area contributed by atoms with Gasteiger partial charge in [0.05, 0.1) is 28.5 Å². The smallest absolute Gasteiger partial charge is 0.269 e. The van der Waals surface area contributed by atoms with Gasteiger partial charge in [0.1, 0.15) is 6.04 Å². The van der Waals surface area contributed by atoms with Crippen molar-refractivity contribution in [1.29, 1.82) is 0 Å². The molecule has 0 radical (unpaired) electrons. The number of hydrogen-bond acceptors (Lipinski definition) is 6. The van der Waals surface area contributed by atoms with Gasteiger partial charge in [0.25, 0.3) is 5.69 Å². The standard InChI is InChI=1S/C25H23N3O5/c1-25(2,3)22(29)21-19-18(20-17-7-5-4-6-14(17)12-13-26(20)21)23(30)27(24(19)31)15-8-10-16(11-9-15)28(32)33/h4-13,18-21H,1-3H3/t18-,19+,20+,21-/m0/s1. The van der Waals surface area contributed by atoms with E-state index in [2.05, 4.69) is 0 Å². The summed E-state index contributed by atoms with van der Waals surface area (Å²) in [6.45, 7) is 5.44. The Bertz CT molecular complexity index is 1230. The van der Waals surface area contributed by atoms with Gasteiger partial charge in [-0.05, 0) is 29.3 Å². The number of carbonyl (C=O) groups excluding carboxylic acids is 3. The molecule has 33 heavy (non-hydrogen) atoms. The second kappa shape index (κ2) is 7.10. The molecule has 8 nitrogen and oxygen atoms in total. The molecule has 0 bridgehead atoms. The molecule has 2 fully saturated rings. The number of benzene rings is 2. The number of fused-ring (bicyclic) bond motifs is 5. The van der Waals surface area contributed by atoms with Crippen LogP contribution in [0.4, 0.5) is 11.4 Å². The minimum atomic E-state index is -0.833. The number of imide groups is 1. The van der Waals surface area contributed by atoms with Gasteiger partial charge < -0.3 is 4.90 Å². The number of Topliss-reactive ketones (excluding diaryl/α,β-unsaturated/α-hetero) is 1. The summed E-state index contributed by atoms with van der Waals surface area (Å²) in [6, 6.07) is 11.8. The number of nitro benzene ring substituents is 1. The number of non-ortho nitro benzene ring substituents is 1. The predicted molar refractivity (Wildman–Crippen MR) is 121 cm³/mol. The number of carbonyl (C=O) groups is 3. The van der Waals surface area contributed by atoms with Crippen LogP contribution in [0.5, 0.6) is 0 Å². The summed E-state index contributed by atoms with van der Waals surface area (Å²) in [4.78, 5) is 54.4. The summed E-state index contributed by atoms with van der Waals surface area (Å²) in [5, 5.41) is 11.0. The van der Waals surface area contributed by atoms with Crippen LogP contribution in [-0.2, 0) is 14.4 Å². The van der Waals surface area contributed by atoms with Crippen LogP contribution >= 0.6 is 0 Å². The number of nitrogens with zero attached hydrogens (tertiary/aromatic N) is 3. The van der Waals surface area contributed by atoms with Gasteiger partial charge in [-0.1, -0.05) is 45.0 Å². The van der Waals surface area contributed by atoms with Gasteiger partial charge in [-0.3, -0.25) is 24.5 Å². The first-order valence-electron chi connectivity index (χ1n) is 10.8. The molecule has 8 heteroatoms. The van der Waals surface area contributed by atoms with Gasteiger partial charge in [-0.15, -0.1) is 0 Å². The van der Waals surface area contributed by atoms with E-state index >= 15 is 0 Å². The number of rotatable bonds is 3. The summed E-state index contributed by atoms with van der Waals surface area (Å²) in [5.41, 5.74) is 1.30. The Morgan fingerprint density at radius 1 is 0.970 bits per heavy atom. The summed E-state index contributed by atoms with van der Waals surface area (Å²) < 4.78 is 0. The van der Waals surface area contributed by atoms with E-state index in [4.69, 9.17) is 0 Å². The Morgan fingerprint density at radius 2 is 1.61 bits per heavy atom. The molecule has 2 aromatic carbocycles. The van der Waals surface area contributed by atoms with Crippen LogP contribution in [0.15, 0.2) is 54.7 Å². The number of ketones is 1. The van der Waals surface area contributed by atoms with Crippen molar-refractivity contribution in [1.82, 2.24) is 4.90 Å². The van der Waals surface area contributed by atoms with Crippen molar-refractivity contribution in [2.24, 2.45) is 17.3 Å². The van der Waals surface area contributed by atoms with E-state index in [1.165, 1.54) is 24.3 Å². The zero-order valence-electron chi connectivity index (χ0n) is 18.5. The van der Waals surface area contributed by atoms with Crippen LogP contribution < -0.4 is 4.90 Å². The molecular weight excluding hydrogens is 422 g/mol. The van der Waals surface area contributed by atoms with Gasteiger partial charge in [-0.2, -0.15) is 0 Å². The highest BCUT2D eigenvalue weighted by atomic mass is 16.6. The largest absolute Gasteiger partial charge is 0.359 e. The lowest BCUT2D eigenvalue weighted by atomic mass is 9.79. The maximum absolute atomic E-state index is 13.7. The van der Waals surface area contributed by atoms with Crippen molar-refractivity contribution in [3.05, 3.63) is 76.0 Å². The van der Waals surface area contributed by atoms with E-state index in [1.807, 2.05) is 62.2 Å². The van der Waals surface area contributed by atoms with Gasteiger partial charge in [0.15, 0.2) is 5.78 Å². The zero-order chi connectivity index (χ0) is 23.7. The molecule has 3 aliphatic rings. The zero-order valence-corrected chi connectivity index (χ0v) is 18.5. The maximum Gasteiger partial charge on any atom is 0.269 e. The van der Waals surface area contributed by atoms with Gasteiger partial charge in [0, 0.05) is 23.7 Å². The Hall–Kier alpha value is -3.81. The van der Waals surface area contributed by atoms with Crippen LogP contribution in [0.3, 0.4) is 0 Å². The average Bonchev–Trinajstić information content (AvgIpc) is 3.25. The molecule has 0 aliphatic carbocycles. The third-order valence-electron chi connectivity index (χ3n) is 6.79. The first kappa shape index (κ1) is 21.1. The van der Waals surface area contributed by atoms with Crippen LogP contribution in [-0.4, -0.2) is 33.5 Å². The molecule has 5 rings (SSSR count). The monoisotopic (exact) mass is 445 g/mol. The normalized spacial score (nSPS) is 25.7. The second-order valence-corrected chi connectivity index (χ2v) is 9.73. The Balaban J connectivity index is 1.63. The van der Waals surface area contributed by atoms with Crippen molar-refractivity contribution >= 4 is 35.0 Å². The first-order valence-corrected chi connectivity index (χ1v) is 10.8. The van der Waals surface area contributed by atoms with Crippen molar-refractivity contribution in [2.75, 3.05) is 4.90 Å². The van der Waals surface area contributed by atoms with Gasteiger partial charge >= 0.3 is 0 Å². The maximum atomic E-state index is 13.7. The fraction of sp³-hybridized carbons (Fsp3) is 0.320. The number of anilines is 1. The topological polar surface area (TPSA) is 101 Å².